The van der Waals surface area contributed by atoms with E-state index in [2.05, 4.69) is 20.3 Å². The van der Waals surface area contributed by atoms with Crippen LogP contribution in [-0.2, 0) is 25.2 Å². The molecule has 3 rings (SSSR count). The Hall–Kier alpha value is -2.89. The number of rotatable bonds is 7. The number of amides is 2. The van der Waals surface area contributed by atoms with Gasteiger partial charge in [-0.2, -0.15) is 0 Å². The Labute approximate surface area is 165 Å². The molecule has 13 heteroatoms. The summed E-state index contributed by atoms with van der Waals surface area (Å²) in [5.41, 5.74) is 8.55. The van der Waals surface area contributed by atoms with Gasteiger partial charge in [-0.1, -0.05) is 5.11 Å². The molecule has 28 heavy (non-hydrogen) atoms. The first kappa shape index (κ1) is 19.9. The number of carboxylic acids is 1. The molecule has 0 aliphatic carbocycles. The molecular weight excluding hydrogens is 408 g/mol. The number of nitrogens with zero attached hydrogens (tertiary/aromatic N) is 5. The van der Waals surface area contributed by atoms with Gasteiger partial charge in [-0.3, -0.25) is 23.7 Å². The fourth-order valence-corrected chi connectivity index (χ4v) is 5.08. The van der Waals surface area contributed by atoms with Gasteiger partial charge in [0.1, 0.15) is 22.9 Å². The van der Waals surface area contributed by atoms with Crippen molar-refractivity contribution in [2.45, 2.75) is 16.3 Å². The summed E-state index contributed by atoms with van der Waals surface area (Å²) in [6.45, 7) is -0.149. The predicted molar refractivity (Wildman–Crippen MR) is 99.2 cm³/mol. The van der Waals surface area contributed by atoms with E-state index in [1.54, 1.807) is 0 Å². The van der Waals surface area contributed by atoms with Gasteiger partial charge in [0.2, 0.25) is 5.91 Å². The van der Waals surface area contributed by atoms with Crippen LogP contribution in [0, 0.1) is 0 Å². The largest absolute Gasteiger partial charge is 0.477 e. The van der Waals surface area contributed by atoms with E-state index in [1.807, 2.05) is 0 Å². The molecule has 3 heterocycles. The SMILES string of the molecule is [N-]=[N+]=NCC1=C(C(=O)O)N2C(=O)C(NC(=O)CS(=O)c3ccncc3)[C@H]2SC1. The third-order valence-corrected chi connectivity index (χ3v) is 6.73. The molecule has 11 nitrogen and oxygen atoms in total. The van der Waals surface area contributed by atoms with Crippen molar-refractivity contribution in [2.24, 2.45) is 5.11 Å². The lowest BCUT2D eigenvalue weighted by atomic mass is 10.0. The average Bonchev–Trinajstić information content (AvgIpc) is 2.70. The van der Waals surface area contributed by atoms with Gasteiger partial charge in [0, 0.05) is 28.0 Å². The number of nitrogens with one attached hydrogen (secondary N) is 1. The number of thioether (sulfide) groups is 1. The zero-order valence-electron chi connectivity index (χ0n) is 14.2. The van der Waals surface area contributed by atoms with Crippen LogP contribution < -0.4 is 5.32 Å². The number of pyridine rings is 1. The molecule has 0 saturated carbocycles. The summed E-state index contributed by atoms with van der Waals surface area (Å²) in [6.07, 6.45) is 2.93. The Balaban J connectivity index is 1.67. The van der Waals surface area contributed by atoms with Gasteiger partial charge in [-0.25, -0.2) is 4.79 Å². The standard InChI is InChI=1S/C15H14N6O5S2/c16-20-18-5-8-6-27-14-11(13(23)21(14)12(8)15(24)25)19-10(22)7-28(26)9-1-3-17-4-2-9/h1-4,11,14H,5-7H2,(H,19,22)(H,24,25)/t11?,14-,28?/m1/s1. The normalized spacial score (nSPS) is 21.9. The fraction of sp³-hybridized carbons (Fsp3) is 0.333. The van der Waals surface area contributed by atoms with E-state index in [1.165, 1.54) is 36.3 Å². The summed E-state index contributed by atoms with van der Waals surface area (Å²) in [4.78, 5) is 44.1. The molecule has 0 aromatic carbocycles. The van der Waals surface area contributed by atoms with Gasteiger partial charge < -0.3 is 10.4 Å². The number of carbonyl (C=O) groups excluding carboxylic acids is 2. The third-order valence-electron chi connectivity index (χ3n) is 4.07. The highest BCUT2D eigenvalue weighted by molar-refractivity contribution is 8.00. The number of azide groups is 1. The molecular formula is C15H14N6O5S2. The van der Waals surface area contributed by atoms with Crippen molar-refractivity contribution in [1.29, 1.82) is 0 Å². The van der Waals surface area contributed by atoms with Crippen molar-refractivity contribution in [1.82, 2.24) is 15.2 Å². The van der Waals surface area contributed by atoms with E-state index in [0.29, 0.717) is 10.5 Å². The lowest BCUT2D eigenvalue weighted by Crippen LogP contribution is -2.70. The maximum atomic E-state index is 12.4. The van der Waals surface area contributed by atoms with E-state index in [9.17, 15) is 23.7 Å². The Kier molecular flexibility index (Phi) is 5.97. The van der Waals surface area contributed by atoms with Crippen LogP contribution in [-0.4, -0.2) is 66.4 Å². The van der Waals surface area contributed by atoms with Crippen LogP contribution in [0.1, 0.15) is 0 Å². The Bertz CT molecular complexity index is 930. The first-order valence-electron chi connectivity index (χ1n) is 7.92. The summed E-state index contributed by atoms with van der Waals surface area (Å²) >= 11 is 1.26. The van der Waals surface area contributed by atoms with Crippen LogP contribution in [0.2, 0.25) is 0 Å². The van der Waals surface area contributed by atoms with Crippen LogP contribution in [0.15, 0.2) is 45.8 Å². The Morgan fingerprint density at radius 3 is 2.82 bits per heavy atom. The zero-order valence-corrected chi connectivity index (χ0v) is 15.9. The number of β-lactam (4-membered cyclic amide) rings is 1. The number of aliphatic carboxylic acids is 1. The Morgan fingerprint density at radius 2 is 2.18 bits per heavy atom. The Morgan fingerprint density at radius 1 is 1.46 bits per heavy atom. The second-order valence-electron chi connectivity index (χ2n) is 5.77. The predicted octanol–water partition coefficient (Wildman–Crippen LogP) is 0.238. The molecule has 0 radical (unpaired) electrons. The molecule has 2 unspecified atom stereocenters. The minimum Gasteiger partial charge on any atom is -0.477 e. The molecule has 1 fully saturated rings. The minimum atomic E-state index is -1.59. The zero-order chi connectivity index (χ0) is 20.3. The number of carbonyl (C=O) groups is 3. The van der Waals surface area contributed by atoms with Crippen molar-refractivity contribution in [3.63, 3.8) is 0 Å². The summed E-state index contributed by atoms with van der Waals surface area (Å²) < 4.78 is 12.2. The maximum Gasteiger partial charge on any atom is 0.352 e. The smallest absolute Gasteiger partial charge is 0.352 e. The number of hydrogen-bond donors (Lipinski definition) is 2. The van der Waals surface area contributed by atoms with E-state index < -0.39 is 40.0 Å². The number of hydrogen-bond acceptors (Lipinski definition) is 7. The van der Waals surface area contributed by atoms with Crippen LogP contribution in [0.4, 0.5) is 0 Å². The first-order chi connectivity index (χ1) is 13.4. The highest BCUT2D eigenvalue weighted by Gasteiger charge is 2.54. The fourth-order valence-electron chi connectivity index (χ4n) is 2.83. The molecule has 146 valence electrons. The second-order valence-corrected chi connectivity index (χ2v) is 8.33. The van der Waals surface area contributed by atoms with Crippen molar-refractivity contribution in [3.8, 4) is 0 Å². The molecule has 0 bridgehead atoms. The van der Waals surface area contributed by atoms with Gasteiger partial charge in [-0.15, -0.1) is 11.8 Å². The molecule has 2 aliphatic rings. The monoisotopic (exact) mass is 422 g/mol. The quantitative estimate of drug-likeness (QED) is 0.275. The molecule has 2 aliphatic heterocycles. The minimum absolute atomic E-state index is 0.149. The number of fused-ring (bicyclic) bond motifs is 1. The van der Waals surface area contributed by atoms with Gasteiger partial charge >= 0.3 is 5.97 Å². The molecule has 1 aromatic heterocycles. The van der Waals surface area contributed by atoms with Crippen LogP contribution in [0.25, 0.3) is 10.4 Å². The van der Waals surface area contributed by atoms with Crippen molar-refractivity contribution in [3.05, 3.63) is 46.2 Å². The second kappa shape index (κ2) is 8.42. The highest BCUT2D eigenvalue weighted by atomic mass is 32.2. The topological polar surface area (TPSA) is 165 Å². The number of carboxylic acid groups (broad SMARTS) is 1. The van der Waals surface area contributed by atoms with Gasteiger partial charge in [0.05, 0.1) is 17.3 Å². The highest BCUT2D eigenvalue weighted by Crippen LogP contribution is 2.40. The average molecular weight is 422 g/mol. The van der Waals surface area contributed by atoms with E-state index in [4.69, 9.17) is 5.53 Å². The van der Waals surface area contributed by atoms with E-state index >= 15 is 0 Å². The summed E-state index contributed by atoms with van der Waals surface area (Å²) in [5, 5.41) is 14.7. The molecule has 2 amide bonds. The van der Waals surface area contributed by atoms with Crippen molar-refractivity contribution >= 4 is 40.3 Å². The summed E-state index contributed by atoms with van der Waals surface area (Å²) in [7, 11) is -1.59. The maximum absolute atomic E-state index is 12.4. The van der Waals surface area contributed by atoms with E-state index in [0.717, 1.165) is 4.90 Å². The van der Waals surface area contributed by atoms with Gasteiger partial charge in [-0.05, 0) is 23.2 Å². The third kappa shape index (κ3) is 3.86. The van der Waals surface area contributed by atoms with Crippen LogP contribution in [0.3, 0.4) is 0 Å². The molecule has 0 spiro atoms. The van der Waals surface area contributed by atoms with Gasteiger partial charge in [0.25, 0.3) is 5.91 Å². The van der Waals surface area contributed by atoms with Crippen molar-refractivity contribution in [2.75, 3.05) is 18.1 Å². The summed E-state index contributed by atoms with van der Waals surface area (Å²) in [5.74, 6) is -2.52. The van der Waals surface area contributed by atoms with Crippen molar-refractivity contribution < 1.29 is 23.7 Å². The molecule has 3 atom stereocenters. The number of aromatic nitrogens is 1. The van der Waals surface area contributed by atoms with E-state index in [-0.39, 0.29) is 23.7 Å². The lowest BCUT2D eigenvalue weighted by molar-refractivity contribution is -0.150. The van der Waals surface area contributed by atoms with Gasteiger partial charge in [0.15, 0.2) is 0 Å². The van der Waals surface area contributed by atoms with Crippen LogP contribution >= 0.6 is 11.8 Å². The molecule has 2 N–H and O–H groups in total. The lowest BCUT2D eigenvalue weighted by Gasteiger charge is -2.49. The molecule has 1 saturated heterocycles. The molecule has 1 aromatic rings. The summed E-state index contributed by atoms with van der Waals surface area (Å²) in [6, 6.07) is 2.17. The first-order valence-corrected chi connectivity index (χ1v) is 10.3. The van der Waals surface area contributed by atoms with Crippen LogP contribution in [0.5, 0.6) is 0 Å².